The summed E-state index contributed by atoms with van der Waals surface area (Å²) in [7, 11) is 1.56. The molecule has 0 aliphatic heterocycles. The summed E-state index contributed by atoms with van der Waals surface area (Å²) in [4.78, 5) is 23.0. The lowest BCUT2D eigenvalue weighted by molar-refractivity contribution is -0.119. The largest absolute Gasteiger partial charge is 0.366 e. The molecule has 0 aromatic heterocycles. The van der Waals surface area contributed by atoms with Crippen molar-refractivity contribution in [3.05, 3.63) is 47.5 Å². The molecule has 2 amide bonds. The van der Waals surface area contributed by atoms with Gasteiger partial charge in [0, 0.05) is 7.05 Å². The van der Waals surface area contributed by atoms with Crippen LogP contribution in [0.3, 0.4) is 0 Å². The van der Waals surface area contributed by atoms with Crippen molar-refractivity contribution in [3.8, 4) is 0 Å². The van der Waals surface area contributed by atoms with Crippen molar-refractivity contribution in [2.24, 2.45) is 5.73 Å². The number of hydrogen-bond donors (Lipinski definition) is 2. The van der Waals surface area contributed by atoms with E-state index in [1.807, 2.05) is 30.3 Å². The van der Waals surface area contributed by atoms with Crippen LogP contribution in [0.15, 0.2) is 36.4 Å². The number of carbonyl (C=O) groups excluding carboxylic acids is 2. The zero-order valence-corrected chi connectivity index (χ0v) is 10.1. The van der Waals surface area contributed by atoms with E-state index in [9.17, 15) is 9.59 Å². The SMILES string of the molecule is CNC(=O)Cc1ccc2ccccc2c1C(N)=O. The molecule has 0 spiro atoms. The number of nitrogens with two attached hydrogens (primary N) is 1. The van der Waals surface area contributed by atoms with E-state index in [-0.39, 0.29) is 12.3 Å². The second-order valence-corrected chi connectivity index (χ2v) is 4.04. The van der Waals surface area contributed by atoms with Crippen molar-refractivity contribution in [2.45, 2.75) is 6.42 Å². The Morgan fingerprint density at radius 2 is 1.89 bits per heavy atom. The van der Waals surface area contributed by atoms with Crippen LogP contribution < -0.4 is 11.1 Å². The van der Waals surface area contributed by atoms with Crippen LogP contribution in [-0.2, 0) is 11.2 Å². The van der Waals surface area contributed by atoms with Crippen LogP contribution in [0.25, 0.3) is 10.8 Å². The predicted molar refractivity (Wildman–Crippen MR) is 70.2 cm³/mol. The lowest BCUT2D eigenvalue weighted by Gasteiger charge is -2.09. The average Bonchev–Trinajstić information content (AvgIpc) is 2.37. The van der Waals surface area contributed by atoms with Crippen LogP contribution in [0, 0.1) is 0 Å². The number of likely N-dealkylation sites (N-methyl/N-ethyl adjacent to an activating group) is 1. The lowest BCUT2D eigenvalue weighted by atomic mass is 9.96. The van der Waals surface area contributed by atoms with Crippen LogP contribution in [0.4, 0.5) is 0 Å². The molecule has 3 N–H and O–H groups in total. The Labute approximate surface area is 105 Å². The number of fused-ring (bicyclic) bond motifs is 1. The van der Waals surface area contributed by atoms with E-state index in [0.717, 1.165) is 10.8 Å². The average molecular weight is 242 g/mol. The predicted octanol–water partition coefficient (Wildman–Crippen LogP) is 1.23. The van der Waals surface area contributed by atoms with E-state index in [1.54, 1.807) is 13.1 Å². The van der Waals surface area contributed by atoms with E-state index in [2.05, 4.69) is 5.32 Å². The van der Waals surface area contributed by atoms with Gasteiger partial charge in [0.25, 0.3) is 0 Å². The normalized spacial score (nSPS) is 10.3. The fourth-order valence-corrected chi connectivity index (χ4v) is 2.02. The van der Waals surface area contributed by atoms with Gasteiger partial charge in [-0.1, -0.05) is 36.4 Å². The first kappa shape index (κ1) is 12.1. The molecule has 0 unspecified atom stereocenters. The lowest BCUT2D eigenvalue weighted by Crippen LogP contribution is -2.22. The summed E-state index contributed by atoms with van der Waals surface area (Å²) in [6, 6.07) is 11.1. The Kier molecular flexibility index (Phi) is 3.28. The van der Waals surface area contributed by atoms with Crippen LogP contribution in [0.2, 0.25) is 0 Å². The summed E-state index contributed by atoms with van der Waals surface area (Å²) in [6.45, 7) is 0. The smallest absolute Gasteiger partial charge is 0.249 e. The van der Waals surface area contributed by atoms with Crippen molar-refractivity contribution in [2.75, 3.05) is 7.05 Å². The highest BCUT2D eigenvalue weighted by Crippen LogP contribution is 2.22. The Morgan fingerprint density at radius 3 is 2.56 bits per heavy atom. The van der Waals surface area contributed by atoms with E-state index < -0.39 is 5.91 Å². The minimum absolute atomic E-state index is 0.146. The van der Waals surface area contributed by atoms with Crippen molar-refractivity contribution < 1.29 is 9.59 Å². The molecule has 2 aromatic carbocycles. The number of nitrogens with one attached hydrogen (secondary N) is 1. The van der Waals surface area contributed by atoms with Gasteiger partial charge in [-0.25, -0.2) is 0 Å². The molecule has 92 valence electrons. The molecule has 0 radical (unpaired) electrons. The first-order valence-corrected chi connectivity index (χ1v) is 5.64. The van der Waals surface area contributed by atoms with E-state index in [0.29, 0.717) is 11.1 Å². The zero-order valence-electron chi connectivity index (χ0n) is 10.1. The van der Waals surface area contributed by atoms with E-state index in [4.69, 9.17) is 5.73 Å². The molecule has 4 nitrogen and oxygen atoms in total. The number of benzene rings is 2. The third kappa shape index (κ3) is 2.18. The third-order valence-electron chi connectivity index (χ3n) is 2.89. The summed E-state index contributed by atoms with van der Waals surface area (Å²) in [5.41, 5.74) is 6.51. The van der Waals surface area contributed by atoms with Gasteiger partial charge >= 0.3 is 0 Å². The third-order valence-corrected chi connectivity index (χ3v) is 2.89. The highest BCUT2D eigenvalue weighted by molar-refractivity contribution is 6.08. The quantitative estimate of drug-likeness (QED) is 0.849. The van der Waals surface area contributed by atoms with Crippen LogP contribution in [-0.4, -0.2) is 18.9 Å². The standard InChI is InChI=1S/C14H14N2O2/c1-16-12(17)8-10-7-6-9-4-2-3-5-11(9)13(10)14(15)18/h2-7H,8H2,1H3,(H2,15,18)(H,16,17). The van der Waals surface area contributed by atoms with Crippen molar-refractivity contribution in [3.63, 3.8) is 0 Å². The minimum atomic E-state index is -0.509. The molecule has 0 heterocycles. The van der Waals surface area contributed by atoms with Gasteiger partial charge in [-0.05, 0) is 16.3 Å². The summed E-state index contributed by atoms with van der Waals surface area (Å²) >= 11 is 0. The van der Waals surface area contributed by atoms with Gasteiger partial charge in [0.2, 0.25) is 11.8 Å². The second kappa shape index (κ2) is 4.87. The summed E-state index contributed by atoms with van der Waals surface area (Å²) < 4.78 is 0. The Balaban J connectivity index is 2.63. The Hall–Kier alpha value is -2.36. The molecule has 0 saturated carbocycles. The van der Waals surface area contributed by atoms with Crippen LogP contribution >= 0.6 is 0 Å². The van der Waals surface area contributed by atoms with Crippen molar-refractivity contribution in [1.29, 1.82) is 0 Å². The van der Waals surface area contributed by atoms with Gasteiger partial charge in [0.1, 0.15) is 0 Å². The minimum Gasteiger partial charge on any atom is -0.366 e. The summed E-state index contributed by atoms with van der Waals surface area (Å²) in [6.07, 6.45) is 0.152. The van der Waals surface area contributed by atoms with Crippen molar-refractivity contribution >= 4 is 22.6 Å². The topological polar surface area (TPSA) is 72.2 Å². The molecule has 0 bridgehead atoms. The molecule has 0 atom stereocenters. The van der Waals surface area contributed by atoms with Gasteiger partial charge in [-0.15, -0.1) is 0 Å². The molecule has 0 saturated heterocycles. The van der Waals surface area contributed by atoms with Gasteiger partial charge in [0.05, 0.1) is 12.0 Å². The molecule has 0 fully saturated rings. The van der Waals surface area contributed by atoms with Gasteiger partial charge < -0.3 is 11.1 Å². The number of amides is 2. The maximum Gasteiger partial charge on any atom is 0.249 e. The first-order valence-electron chi connectivity index (χ1n) is 5.64. The molecule has 0 aliphatic carbocycles. The maximum absolute atomic E-state index is 11.6. The van der Waals surface area contributed by atoms with Crippen molar-refractivity contribution in [1.82, 2.24) is 5.32 Å². The fraction of sp³-hybridized carbons (Fsp3) is 0.143. The Bertz CT molecular complexity index is 620. The van der Waals surface area contributed by atoms with Gasteiger partial charge in [-0.2, -0.15) is 0 Å². The number of rotatable bonds is 3. The number of primary amides is 1. The molecular formula is C14H14N2O2. The van der Waals surface area contributed by atoms with E-state index >= 15 is 0 Å². The monoisotopic (exact) mass is 242 g/mol. The maximum atomic E-state index is 11.6. The molecule has 4 heteroatoms. The molecule has 2 aromatic rings. The Morgan fingerprint density at radius 1 is 1.17 bits per heavy atom. The van der Waals surface area contributed by atoms with Crippen LogP contribution in [0.1, 0.15) is 15.9 Å². The van der Waals surface area contributed by atoms with Gasteiger partial charge in [0.15, 0.2) is 0 Å². The van der Waals surface area contributed by atoms with Crippen LogP contribution in [0.5, 0.6) is 0 Å². The van der Waals surface area contributed by atoms with Gasteiger partial charge in [-0.3, -0.25) is 9.59 Å². The highest BCUT2D eigenvalue weighted by Gasteiger charge is 2.14. The zero-order chi connectivity index (χ0) is 13.1. The molecule has 0 aliphatic rings. The fourth-order valence-electron chi connectivity index (χ4n) is 2.02. The van der Waals surface area contributed by atoms with E-state index in [1.165, 1.54) is 0 Å². The number of carbonyl (C=O) groups is 2. The first-order chi connectivity index (χ1) is 8.63. The highest BCUT2D eigenvalue weighted by atomic mass is 16.2. The summed E-state index contributed by atoms with van der Waals surface area (Å²) in [5, 5.41) is 4.26. The molecule has 18 heavy (non-hydrogen) atoms. The second-order valence-electron chi connectivity index (χ2n) is 4.04. The molecular weight excluding hydrogens is 228 g/mol. The number of hydrogen-bond acceptors (Lipinski definition) is 2. The summed E-state index contributed by atoms with van der Waals surface area (Å²) in [5.74, 6) is -0.654. The molecule has 2 rings (SSSR count).